The minimum atomic E-state index is 0.187. The maximum absolute atomic E-state index is 11.8. The molecule has 2 heterocycles. The third-order valence-electron chi connectivity index (χ3n) is 5.36. The highest BCUT2D eigenvalue weighted by Crippen LogP contribution is 2.35. The van der Waals surface area contributed by atoms with E-state index in [0.717, 1.165) is 22.3 Å². The van der Waals surface area contributed by atoms with Crippen LogP contribution in [-0.4, -0.2) is 43.4 Å². The first-order valence-corrected chi connectivity index (χ1v) is 10.4. The van der Waals surface area contributed by atoms with E-state index >= 15 is 0 Å². The smallest absolute Gasteiger partial charge is 0.171 e. The lowest BCUT2D eigenvalue weighted by molar-refractivity contribution is 0.111. The predicted molar refractivity (Wildman–Crippen MR) is 126 cm³/mol. The normalized spacial score (nSPS) is 10.6. The predicted octanol–water partition coefficient (Wildman–Crippen LogP) is 4.35. The molecule has 8 nitrogen and oxygen atoms in total. The maximum Gasteiger partial charge on any atom is 0.171 e. The maximum atomic E-state index is 11.8. The standard InChI is InChI=1S/C26H16N6O2/c33-15-21-23(25(29-31-27-21)19-7-3-1-4-8-19)17-11-13-18(14-12-17)24-22(16-34)28-32-30-26(24)20-9-5-2-6-10-20/h1-16H. The Bertz CT molecular complexity index is 1360. The molecule has 0 unspecified atom stereocenters. The number of hydrogen-bond acceptors (Lipinski definition) is 8. The third kappa shape index (κ3) is 3.84. The minimum Gasteiger partial charge on any atom is -0.296 e. The van der Waals surface area contributed by atoms with Crippen molar-refractivity contribution < 1.29 is 9.59 Å². The Hall–Kier alpha value is -4.98. The molecule has 0 atom stereocenters. The van der Waals surface area contributed by atoms with Gasteiger partial charge in [0.25, 0.3) is 0 Å². The summed E-state index contributed by atoms with van der Waals surface area (Å²) in [6.45, 7) is 0. The molecule has 3 aromatic carbocycles. The number of carbonyl (C=O) groups is 2. The number of nitrogens with zero attached hydrogens (tertiary/aromatic N) is 6. The summed E-state index contributed by atoms with van der Waals surface area (Å²) in [6, 6.07) is 26.3. The van der Waals surface area contributed by atoms with Crippen LogP contribution in [0.15, 0.2) is 84.9 Å². The van der Waals surface area contributed by atoms with Crippen LogP contribution < -0.4 is 0 Å². The second kappa shape index (κ2) is 9.25. The number of aromatic nitrogens is 6. The Morgan fingerprint density at radius 1 is 0.441 bits per heavy atom. The van der Waals surface area contributed by atoms with Crippen molar-refractivity contribution in [1.29, 1.82) is 0 Å². The lowest BCUT2D eigenvalue weighted by Crippen LogP contribution is -2.03. The number of rotatable bonds is 6. The van der Waals surface area contributed by atoms with E-state index in [1.54, 1.807) is 0 Å². The molecule has 0 aliphatic carbocycles. The summed E-state index contributed by atoms with van der Waals surface area (Å²) in [5.41, 5.74) is 5.73. The molecule has 0 saturated heterocycles. The SMILES string of the molecule is O=Cc1nnnc(-c2ccccc2)c1-c1ccc(-c2c(C=O)nnnc2-c2ccccc2)cc1. The fourth-order valence-corrected chi connectivity index (χ4v) is 3.81. The summed E-state index contributed by atoms with van der Waals surface area (Å²) in [7, 11) is 0. The topological polar surface area (TPSA) is 111 Å². The van der Waals surface area contributed by atoms with Gasteiger partial charge in [-0.15, -0.1) is 20.4 Å². The molecule has 0 aliphatic heterocycles. The molecular weight excluding hydrogens is 428 g/mol. The van der Waals surface area contributed by atoms with E-state index in [1.807, 2.05) is 84.9 Å². The lowest BCUT2D eigenvalue weighted by atomic mass is 9.94. The quantitative estimate of drug-likeness (QED) is 0.355. The summed E-state index contributed by atoms with van der Waals surface area (Å²) in [4.78, 5) is 23.5. The van der Waals surface area contributed by atoms with Gasteiger partial charge in [-0.1, -0.05) is 84.9 Å². The molecule has 0 radical (unpaired) electrons. The van der Waals surface area contributed by atoms with E-state index in [0.29, 0.717) is 35.1 Å². The van der Waals surface area contributed by atoms with Crippen LogP contribution in [0.1, 0.15) is 21.0 Å². The Kier molecular flexibility index (Phi) is 5.69. The van der Waals surface area contributed by atoms with Crippen LogP contribution in [0.5, 0.6) is 0 Å². The average Bonchev–Trinajstić information content (AvgIpc) is 2.93. The van der Waals surface area contributed by atoms with Crippen LogP contribution >= 0.6 is 0 Å². The molecule has 0 bridgehead atoms. The van der Waals surface area contributed by atoms with Gasteiger partial charge in [0.15, 0.2) is 12.6 Å². The van der Waals surface area contributed by atoms with E-state index in [9.17, 15) is 9.59 Å². The van der Waals surface area contributed by atoms with Crippen molar-refractivity contribution in [3.05, 3.63) is 96.3 Å². The van der Waals surface area contributed by atoms with Crippen molar-refractivity contribution in [2.24, 2.45) is 0 Å². The van der Waals surface area contributed by atoms with Gasteiger partial charge in [-0.05, 0) is 21.6 Å². The van der Waals surface area contributed by atoms with Gasteiger partial charge < -0.3 is 0 Å². The molecule has 5 aromatic rings. The van der Waals surface area contributed by atoms with Gasteiger partial charge in [0.1, 0.15) is 22.8 Å². The van der Waals surface area contributed by atoms with Crippen molar-refractivity contribution in [2.75, 3.05) is 0 Å². The van der Waals surface area contributed by atoms with Crippen molar-refractivity contribution in [3.8, 4) is 44.8 Å². The zero-order valence-corrected chi connectivity index (χ0v) is 17.7. The summed E-state index contributed by atoms with van der Waals surface area (Å²) in [5, 5.41) is 23.8. The molecule has 34 heavy (non-hydrogen) atoms. The number of aldehydes is 2. The van der Waals surface area contributed by atoms with Gasteiger partial charge in [0.05, 0.1) is 0 Å². The Morgan fingerprint density at radius 3 is 1.18 bits per heavy atom. The molecular formula is C26H16N6O2. The zero-order valence-electron chi connectivity index (χ0n) is 17.7. The monoisotopic (exact) mass is 444 g/mol. The van der Waals surface area contributed by atoms with E-state index in [1.165, 1.54) is 0 Å². The summed E-state index contributed by atoms with van der Waals surface area (Å²) in [5.74, 6) is 0. The lowest BCUT2D eigenvalue weighted by Gasteiger charge is -2.12. The number of hydrogen-bond donors (Lipinski definition) is 0. The highest BCUT2D eigenvalue weighted by Gasteiger charge is 2.19. The largest absolute Gasteiger partial charge is 0.296 e. The molecule has 0 N–H and O–H groups in total. The van der Waals surface area contributed by atoms with Crippen LogP contribution in [0.2, 0.25) is 0 Å². The number of carbonyl (C=O) groups excluding carboxylic acids is 2. The fourth-order valence-electron chi connectivity index (χ4n) is 3.81. The fraction of sp³-hybridized carbons (Fsp3) is 0. The second-order valence-electron chi connectivity index (χ2n) is 7.34. The van der Waals surface area contributed by atoms with E-state index in [-0.39, 0.29) is 11.4 Å². The van der Waals surface area contributed by atoms with Crippen LogP contribution in [0.4, 0.5) is 0 Å². The minimum absolute atomic E-state index is 0.187. The summed E-state index contributed by atoms with van der Waals surface area (Å²) >= 11 is 0. The molecule has 0 saturated carbocycles. The van der Waals surface area contributed by atoms with Gasteiger partial charge in [0.2, 0.25) is 0 Å². The van der Waals surface area contributed by atoms with Crippen molar-refractivity contribution in [1.82, 2.24) is 30.8 Å². The molecule has 0 fully saturated rings. The molecule has 5 rings (SSSR count). The highest BCUT2D eigenvalue weighted by molar-refractivity contribution is 5.95. The van der Waals surface area contributed by atoms with Crippen LogP contribution in [0.25, 0.3) is 44.8 Å². The first kappa shape index (κ1) is 20.9. The Labute approximate surface area is 194 Å². The average molecular weight is 444 g/mol. The van der Waals surface area contributed by atoms with Gasteiger partial charge in [-0.3, -0.25) is 9.59 Å². The van der Waals surface area contributed by atoms with E-state index in [2.05, 4.69) is 30.8 Å². The zero-order chi connectivity index (χ0) is 23.3. The van der Waals surface area contributed by atoms with Crippen molar-refractivity contribution in [2.45, 2.75) is 0 Å². The first-order chi connectivity index (χ1) is 16.8. The molecule has 0 aliphatic rings. The van der Waals surface area contributed by atoms with E-state index in [4.69, 9.17) is 0 Å². The second-order valence-corrected chi connectivity index (χ2v) is 7.34. The van der Waals surface area contributed by atoms with Gasteiger partial charge in [-0.2, -0.15) is 0 Å². The third-order valence-corrected chi connectivity index (χ3v) is 5.36. The van der Waals surface area contributed by atoms with Crippen LogP contribution in [0.3, 0.4) is 0 Å². The summed E-state index contributed by atoms with van der Waals surface area (Å²) < 4.78 is 0. The highest BCUT2D eigenvalue weighted by atomic mass is 16.1. The molecule has 2 aromatic heterocycles. The van der Waals surface area contributed by atoms with Gasteiger partial charge in [0, 0.05) is 22.3 Å². The molecule has 0 amide bonds. The molecule has 162 valence electrons. The van der Waals surface area contributed by atoms with Gasteiger partial charge >= 0.3 is 0 Å². The van der Waals surface area contributed by atoms with Crippen molar-refractivity contribution >= 4 is 12.6 Å². The Balaban J connectivity index is 1.65. The molecule has 0 spiro atoms. The first-order valence-electron chi connectivity index (χ1n) is 10.4. The van der Waals surface area contributed by atoms with Crippen LogP contribution in [0, 0.1) is 0 Å². The van der Waals surface area contributed by atoms with Crippen molar-refractivity contribution in [3.63, 3.8) is 0 Å². The van der Waals surface area contributed by atoms with E-state index < -0.39 is 0 Å². The summed E-state index contributed by atoms with van der Waals surface area (Å²) in [6.07, 6.45) is 1.33. The van der Waals surface area contributed by atoms with Crippen LogP contribution in [-0.2, 0) is 0 Å². The van der Waals surface area contributed by atoms with Gasteiger partial charge in [-0.25, -0.2) is 0 Å². The molecule has 8 heteroatoms. The Morgan fingerprint density at radius 2 is 0.824 bits per heavy atom. The number of benzene rings is 3.